The molecule has 0 aliphatic heterocycles. The van der Waals surface area contributed by atoms with Crippen LogP contribution in [0.2, 0.25) is 0 Å². The lowest BCUT2D eigenvalue weighted by Crippen LogP contribution is -2.20. The van der Waals surface area contributed by atoms with Crippen LogP contribution in [0.1, 0.15) is 11.4 Å². The summed E-state index contributed by atoms with van der Waals surface area (Å²) in [5.74, 6) is 1.44. The first-order valence-corrected chi connectivity index (χ1v) is 8.74. The van der Waals surface area contributed by atoms with Gasteiger partial charge in [-0.15, -0.1) is 0 Å². The molecule has 1 aromatic carbocycles. The molecule has 3 rings (SSSR count). The van der Waals surface area contributed by atoms with Gasteiger partial charge in [0.2, 0.25) is 0 Å². The van der Waals surface area contributed by atoms with E-state index in [4.69, 9.17) is 0 Å². The SMILES string of the molecule is CN=CN(c1cccc(N(C=NC)c2nccnc2C)c1)c1nccnc1C. The second-order valence-electron chi connectivity index (χ2n) is 5.94. The minimum absolute atomic E-state index is 0.719. The summed E-state index contributed by atoms with van der Waals surface area (Å²) in [5.41, 5.74) is 3.40. The lowest BCUT2D eigenvalue weighted by Gasteiger charge is -2.24. The molecule has 0 saturated carbocycles. The van der Waals surface area contributed by atoms with Crippen LogP contribution in [-0.2, 0) is 0 Å². The van der Waals surface area contributed by atoms with E-state index in [2.05, 4.69) is 29.9 Å². The highest BCUT2D eigenvalue weighted by Crippen LogP contribution is 2.30. The fourth-order valence-electron chi connectivity index (χ4n) is 2.78. The summed E-state index contributed by atoms with van der Waals surface area (Å²) < 4.78 is 0. The lowest BCUT2D eigenvalue weighted by atomic mass is 10.2. The maximum atomic E-state index is 4.47. The summed E-state index contributed by atoms with van der Waals surface area (Å²) in [5, 5.41) is 0. The lowest BCUT2D eigenvalue weighted by molar-refractivity contribution is 1.08. The standard InChI is InChI=1S/C20H22N8/c1-15-19(25-10-8-23-15)27(13-21-3)17-6-5-7-18(12-17)28(14-22-4)20-16(2)24-9-11-26-20/h5-14H,1-4H3. The van der Waals surface area contributed by atoms with Gasteiger partial charge in [0.15, 0.2) is 11.6 Å². The van der Waals surface area contributed by atoms with E-state index in [9.17, 15) is 0 Å². The summed E-state index contributed by atoms with van der Waals surface area (Å²) in [7, 11) is 3.45. The zero-order valence-corrected chi connectivity index (χ0v) is 16.4. The highest BCUT2D eigenvalue weighted by atomic mass is 15.2. The average Bonchev–Trinajstić information content (AvgIpc) is 2.72. The Kier molecular flexibility index (Phi) is 6.01. The van der Waals surface area contributed by atoms with Crippen LogP contribution in [0.25, 0.3) is 0 Å². The molecule has 8 nitrogen and oxygen atoms in total. The fraction of sp³-hybridized carbons (Fsp3) is 0.200. The third-order valence-electron chi connectivity index (χ3n) is 4.01. The maximum Gasteiger partial charge on any atom is 0.159 e. The van der Waals surface area contributed by atoms with Crippen molar-refractivity contribution < 1.29 is 0 Å². The molecule has 2 heterocycles. The van der Waals surface area contributed by atoms with Crippen molar-refractivity contribution in [2.75, 3.05) is 23.9 Å². The van der Waals surface area contributed by atoms with Crippen molar-refractivity contribution in [1.29, 1.82) is 0 Å². The zero-order valence-electron chi connectivity index (χ0n) is 16.4. The molecule has 0 spiro atoms. The number of benzene rings is 1. The van der Waals surface area contributed by atoms with Crippen molar-refractivity contribution in [3.63, 3.8) is 0 Å². The van der Waals surface area contributed by atoms with Crippen LogP contribution >= 0.6 is 0 Å². The van der Waals surface area contributed by atoms with E-state index >= 15 is 0 Å². The summed E-state index contributed by atoms with van der Waals surface area (Å²) in [6.45, 7) is 3.84. The first-order chi connectivity index (χ1) is 13.7. The summed E-state index contributed by atoms with van der Waals surface area (Å²) in [6.07, 6.45) is 10.1. The number of anilines is 4. The quantitative estimate of drug-likeness (QED) is 0.485. The van der Waals surface area contributed by atoms with Crippen LogP contribution in [0.15, 0.2) is 59.0 Å². The Labute approximate surface area is 164 Å². The van der Waals surface area contributed by atoms with Crippen molar-refractivity contribution in [2.45, 2.75) is 13.8 Å². The van der Waals surface area contributed by atoms with Crippen LogP contribution in [0, 0.1) is 13.8 Å². The molecule has 0 unspecified atom stereocenters. The van der Waals surface area contributed by atoms with Crippen LogP contribution in [0.3, 0.4) is 0 Å². The van der Waals surface area contributed by atoms with Gasteiger partial charge in [-0.1, -0.05) is 6.07 Å². The van der Waals surface area contributed by atoms with Gasteiger partial charge in [0, 0.05) is 38.9 Å². The van der Waals surface area contributed by atoms with Gasteiger partial charge in [-0.2, -0.15) is 0 Å². The second-order valence-corrected chi connectivity index (χ2v) is 5.94. The van der Waals surface area contributed by atoms with E-state index in [0.29, 0.717) is 0 Å². The molecule has 0 fully saturated rings. The molecule has 142 valence electrons. The fourth-order valence-corrected chi connectivity index (χ4v) is 2.78. The van der Waals surface area contributed by atoms with Gasteiger partial charge in [0.05, 0.1) is 35.4 Å². The Hall–Kier alpha value is -3.68. The molecule has 2 aromatic heterocycles. The number of rotatable bonds is 6. The minimum atomic E-state index is 0.719. The number of aryl methyl sites for hydroxylation is 2. The molecule has 28 heavy (non-hydrogen) atoms. The molecule has 0 amide bonds. The first kappa shape index (κ1) is 19.1. The minimum Gasteiger partial charge on any atom is -0.284 e. The molecular formula is C20H22N8. The van der Waals surface area contributed by atoms with E-state index in [0.717, 1.165) is 34.4 Å². The number of nitrogens with zero attached hydrogens (tertiary/aromatic N) is 8. The van der Waals surface area contributed by atoms with Crippen molar-refractivity contribution >= 4 is 35.7 Å². The van der Waals surface area contributed by atoms with E-state index in [1.807, 2.05) is 47.9 Å². The predicted octanol–water partition coefficient (Wildman–Crippen LogP) is 3.48. The molecule has 0 aliphatic carbocycles. The Morgan fingerprint density at radius 3 is 1.54 bits per heavy atom. The van der Waals surface area contributed by atoms with Crippen LogP contribution in [-0.4, -0.2) is 46.7 Å². The van der Waals surface area contributed by atoms with Crippen LogP contribution < -0.4 is 9.80 Å². The van der Waals surface area contributed by atoms with Gasteiger partial charge in [0.1, 0.15) is 0 Å². The largest absolute Gasteiger partial charge is 0.284 e. The maximum absolute atomic E-state index is 4.47. The van der Waals surface area contributed by atoms with Crippen molar-refractivity contribution in [3.8, 4) is 0 Å². The Bertz CT molecular complexity index is 922. The second kappa shape index (κ2) is 8.81. The number of hydrogen-bond donors (Lipinski definition) is 0. The Morgan fingerprint density at radius 2 is 1.14 bits per heavy atom. The molecule has 0 atom stereocenters. The molecule has 0 aliphatic rings. The summed E-state index contributed by atoms with van der Waals surface area (Å²) >= 11 is 0. The topological polar surface area (TPSA) is 82.8 Å². The van der Waals surface area contributed by atoms with Crippen molar-refractivity contribution in [1.82, 2.24) is 19.9 Å². The molecule has 3 aromatic rings. The monoisotopic (exact) mass is 374 g/mol. The zero-order chi connectivity index (χ0) is 19.9. The van der Waals surface area contributed by atoms with Crippen LogP contribution in [0.5, 0.6) is 0 Å². The first-order valence-electron chi connectivity index (χ1n) is 8.74. The van der Waals surface area contributed by atoms with Gasteiger partial charge in [-0.25, -0.2) is 9.97 Å². The van der Waals surface area contributed by atoms with E-state index in [1.165, 1.54) is 0 Å². The highest BCUT2D eigenvalue weighted by Gasteiger charge is 2.16. The number of hydrogen-bond acceptors (Lipinski definition) is 6. The van der Waals surface area contributed by atoms with Gasteiger partial charge in [0.25, 0.3) is 0 Å². The van der Waals surface area contributed by atoms with Gasteiger partial charge < -0.3 is 0 Å². The smallest absolute Gasteiger partial charge is 0.159 e. The summed E-state index contributed by atoms with van der Waals surface area (Å²) in [4.78, 5) is 29.8. The highest BCUT2D eigenvalue weighted by molar-refractivity contribution is 5.93. The molecule has 0 radical (unpaired) electrons. The third kappa shape index (κ3) is 4.01. The van der Waals surface area contributed by atoms with E-state index in [1.54, 1.807) is 51.6 Å². The molecule has 0 N–H and O–H groups in total. The Morgan fingerprint density at radius 1 is 0.714 bits per heavy atom. The molecular weight excluding hydrogens is 352 g/mol. The molecule has 0 saturated heterocycles. The third-order valence-corrected chi connectivity index (χ3v) is 4.01. The Balaban J connectivity index is 2.09. The van der Waals surface area contributed by atoms with E-state index < -0.39 is 0 Å². The van der Waals surface area contributed by atoms with Gasteiger partial charge in [-0.05, 0) is 32.0 Å². The van der Waals surface area contributed by atoms with Crippen molar-refractivity contribution in [2.24, 2.45) is 9.98 Å². The average molecular weight is 374 g/mol. The molecule has 8 heteroatoms. The number of aromatic nitrogens is 4. The van der Waals surface area contributed by atoms with Crippen LogP contribution in [0.4, 0.5) is 23.0 Å². The normalized spacial score (nSPS) is 11.3. The molecule has 0 bridgehead atoms. The van der Waals surface area contributed by atoms with E-state index in [-0.39, 0.29) is 0 Å². The number of aliphatic imine (C=N–C) groups is 2. The summed E-state index contributed by atoms with van der Waals surface area (Å²) in [6, 6.07) is 7.97. The van der Waals surface area contributed by atoms with Gasteiger partial charge >= 0.3 is 0 Å². The predicted molar refractivity (Wildman–Crippen MR) is 113 cm³/mol. The van der Waals surface area contributed by atoms with Crippen molar-refractivity contribution in [3.05, 3.63) is 60.4 Å². The van der Waals surface area contributed by atoms with Gasteiger partial charge in [-0.3, -0.25) is 29.8 Å².